The van der Waals surface area contributed by atoms with E-state index >= 15 is 0 Å². The Labute approximate surface area is 164 Å². The Bertz CT molecular complexity index is 759. The van der Waals surface area contributed by atoms with Gasteiger partial charge in [0.05, 0.1) is 12.0 Å². The molecule has 3 rings (SSSR count). The molecule has 1 unspecified atom stereocenters. The Morgan fingerprint density at radius 1 is 1.00 bits per heavy atom. The van der Waals surface area contributed by atoms with E-state index in [-0.39, 0.29) is 23.8 Å². The van der Waals surface area contributed by atoms with Crippen LogP contribution in [0.5, 0.6) is 0 Å². The summed E-state index contributed by atoms with van der Waals surface area (Å²) in [6.07, 6.45) is 2.46. The van der Waals surface area contributed by atoms with Crippen molar-refractivity contribution in [3.05, 3.63) is 57.8 Å². The van der Waals surface area contributed by atoms with E-state index in [0.717, 1.165) is 10.4 Å². The summed E-state index contributed by atoms with van der Waals surface area (Å²) >= 11 is 1.64. The molecule has 1 fully saturated rings. The number of hydrogen-bond donors (Lipinski definition) is 2. The number of carboxylic acids is 1. The molecule has 1 aromatic carbocycles. The van der Waals surface area contributed by atoms with Gasteiger partial charge in [-0.3, -0.25) is 9.59 Å². The van der Waals surface area contributed by atoms with Crippen molar-refractivity contribution in [1.29, 1.82) is 0 Å². The maximum Gasteiger partial charge on any atom is 0.306 e. The van der Waals surface area contributed by atoms with E-state index in [1.165, 1.54) is 5.56 Å². The summed E-state index contributed by atoms with van der Waals surface area (Å²) in [4.78, 5) is 25.1. The van der Waals surface area contributed by atoms with Gasteiger partial charge < -0.3 is 10.4 Å². The van der Waals surface area contributed by atoms with Crippen molar-refractivity contribution in [3.8, 4) is 0 Å². The summed E-state index contributed by atoms with van der Waals surface area (Å²) in [6, 6.07) is 12.3. The van der Waals surface area contributed by atoms with Gasteiger partial charge in [0.2, 0.25) is 5.91 Å². The van der Waals surface area contributed by atoms with Crippen LogP contribution in [0.4, 0.5) is 0 Å². The van der Waals surface area contributed by atoms with Gasteiger partial charge in [-0.15, -0.1) is 11.3 Å². The van der Waals surface area contributed by atoms with Crippen LogP contribution in [0.15, 0.2) is 41.8 Å². The molecule has 1 amide bonds. The van der Waals surface area contributed by atoms with Crippen LogP contribution in [0.25, 0.3) is 0 Å². The lowest BCUT2D eigenvalue weighted by molar-refractivity contribution is -0.144. The van der Waals surface area contributed by atoms with Crippen LogP contribution in [0, 0.1) is 11.8 Å². The largest absolute Gasteiger partial charge is 0.481 e. The molecule has 1 saturated carbocycles. The normalized spacial score (nSPS) is 21.0. The van der Waals surface area contributed by atoms with Crippen LogP contribution < -0.4 is 5.32 Å². The lowest BCUT2D eigenvalue weighted by Crippen LogP contribution is -2.36. The summed E-state index contributed by atoms with van der Waals surface area (Å²) in [5, 5.41) is 14.4. The van der Waals surface area contributed by atoms with E-state index in [0.29, 0.717) is 31.6 Å². The first-order valence-electron chi connectivity index (χ1n) is 9.62. The second-order valence-corrected chi connectivity index (χ2v) is 8.64. The second kappa shape index (κ2) is 8.70. The smallest absolute Gasteiger partial charge is 0.306 e. The molecule has 0 radical (unpaired) electrons. The van der Waals surface area contributed by atoms with Gasteiger partial charge in [0.1, 0.15) is 0 Å². The van der Waals surface area contributed by atoms with Crippen LogP contribution in [0.1, 0.15) is 67.5 Å². The molecule has 0 bridgehead atoms. The average Bonchev–Trinajstić information content (AvgIpc) is 3.20. The van der Waals surface area contributed by atoms with E-state index in [1.54, 1.807) is 11.3 Å². The third-order valence-corrected chi connectivity index (χ3v) is 6.44. The van der Waals surface area contributed by atoms with Crippen molar-refractivity contribution >= 4 is 23.2 Å². The molecule has 1 atom stereocenters. The highest BCUT2D eigenvalue weighted by molar-refractivity contribution is 7.10. The van der Waals surface area contributed by atoms with Gasteiger partial charge in [-0.05, 0) is 54.2 Å². The maximum absolute atomic E-state index is 12.9. The highest BCUT2D eigenvalue weighted by Gasteiger charge is 2.31. The summed E-state index contributed by atoms with van der Waals surface area (Å²) in [5.74, 6) is -0.636. The average molecular weight is 386 g/mol. The summed E-state index contributed by atoms with van der Waals surface area (Å²) in [7, 11) is 0. The first-order chi connectivity index (χ1) is 13.0. The predicted molar refractivity (Wildman–Crippen MR) is 108 cm³/mol. The molecule has 1 heterocycles. The van der Waals surface area contributed by atoms with Gasteiger partial charge in [0.25, 0.3) is 0 Å². The first kappa shape index (κ1) is 19.6. The highest BCUT2D eigenvalue weighted by Crippen LogP contribution is 2.32. The van der Waals surface area contributed by atoms with Crippen molar-refractivity contribution in [1.82, 2.24) is 5.32 Å². The maximum atomic E-state index is 12.9. The standard InChI is InChI=1S/C22H27NO3S/c1-14(2)15-5-7-16(8-6-15)20(19-4-3-13-27-19)23-21(24)17-9-11-18(12-10-17)22(25)26/h3-8,13-14,17-18,20H,9-12H2,1-2H3,(H,23,24)(H,25,26). The molecule has 27 heavy (non-hydrogen) atoms. The van der Waals surface area contributed by atoms with Crippen LogP contribution in [0.3, 0.4) is 0 Å². The minimum Gasteiger partial charge on any atom is -0.481 e. The lowest BCUT2D eigenvalue weighted by atomic mass is 9.81. The fourth-order valence-corrected chi connectivity index (χ4v) is 4.51. The Hall–Kier alpha value is -2.14. The van der Waals surface area contributed by atoms with Gasteiger partial charge >= 0.3 is 5.97 Å². The van der Waals surface area contributed by atoms with Gasteiger partial charge in [-0.25, -0.2) is 0 Å². The third-order valence-electron chi connectivity index (χ3n) is 5.50. The molecule has 1 aromatic heterocycles. The number of rotatable bonds is 6. The van der Waals surface area contributed by atoms with E-state index in [1.807, 2.05) is 17.5 Å². The Kier molecular flexibility index (Phi) is 6.32. The molecule has 2 N–H and O–H groups in total. The zero-order valence-corrected chi connectivity index (χ0v) is 16.7. The number of carboxylic acid groups (broad SMARTS) is 1. The molecule has 1 aliphatic rings. The molecular formula is C22H27NO3S. The van der Waals surface area contributed by atoms with Crippen LogP contribution in [0.2, 0.25) is 0 Å². The van der Waals surface area contributed by atoms with E-state index in [4.69, 9.17) is 5.11 Å². The zero-order valence-electron chi connectivity index (χ0n) is 15.9. The fourth-order valence-electron chi connectivity index (χ4n) is 3.71. The Morgan fingerprint density at radius 2 is 1.59 bits per heavy atom. The summed E-state index contributed by atoms with van der Waals surface area (Å²) in [6.45, 7) is 4.34. The van der Waals surface area contributed by atoms with Crippen LogP contribution in [-0.2, 0) is 9.59 Å². The molecule has 0 aliphatic heterocycles. The molecule has 0 spiro atoms. The van der Waals surface area contributed by atoms with Crippen molar-refractivity contribution in [2.75, 3.05) is 0 Å². The Balaban J connectivity index is 1.73. The molecular weight excluding hydrogens is 358 g/mol. The number of carbonyl (C=O) groups excluding carboxylic acids is 1. The van der Waals surface area contributed by atoms with E-state index < -0.39 is 5.97 Å². The Morgan fingerprint density at radius 3 is 2.11 bits per heavy atom. The van der Waals surface area contributed by atoms with E-state index in [9.17, 15) is 9.59 Å². The predicted octanol–water partition coefficient (Wildman–Crippen LogP) is 4.97. The number of hydrogen-bond acceptors (Lipinski definition) is 3. The topological polar surface area (TPSA) is 66.4 Å². The van der Waals surface area contributed by atoms with Crippen molar-refractivity contribution in [2.24, 2.45) is 11.8 Å². The minimum absolute atomic E-state index is 0.0326. The van der Waals surface area contributed by atoms with E-state index in [2.05, 4.69) is 43.4 Å². The molecule has 5 heteroatoms. The number of nitrogens with one attached hydrogen (secondary N) is 1. The number of carbonyl (C=O) groups is 2. The number of thiophene rings is 1. The number of benzene rings is 1. The summed E-state index contributed by atoms with van der Waals surface area (Å²) < 4.78 is 0. The van der Waals surface area contributed by atoms with Gasteiger partial charge in [-0.1, -0.05) is 44.2 Å². The number of amides is 1. The SMILES string of the molecule is CC(C)c1ccc(C(NC(=O)C2CCC(C(=O)O)CC2)c2cccs2)cc1. The molecule has 144 valence electrons. The van der Waals surface area contributed by atoms with Gasteiger partial charge in [0.15, 0.2) is 0 Å². The molecule has 1 aliphatic carbocycles. The molecule has 2 aromatic rings. The minimum atomic E-state index is -0.740. The van der Waals surface area contributed by atoms with Crippen molar-refractivity contribution in [3.63, 3.8) is 0 Å². The van der Waals surface area contributed by atoms with Gasteiger partial charge in [-0.2, -0.15) is 0 Å². The van der Waals surface area contributed by atoms with Crippen LogP contribution in [-0.4, -0.2) is 17.0 Å². The highest BCUT2D eigenvalue weighted by atomic mass is 32.1. The van der Waals surface area contributed by atoms with Crippen molar-refractivity contribution < 1.29 is 14.7 Å². The third kappa shape index (κ3) is 4.78. The van der Waals surface area contributed by atoms with Crippen molar-refractivity contribution in [2.45, 2.75) is 51.5 Å². The number of aliphatic carboxylic acids is 1. The quantitative estimate of drug-likeness (QED) is 0.738. The van der Waals surface area contributed by atoms with Gasteiger partial charge in [0, 0.05) is 10.8 Å². The second-order valence-electron chi connectivity index (χ2n) is 7.67. The lowest BCUT2D eigenvalue weighted by Gasteiger charge is -2.27. The molecule has 4 nitrogen and oxygen atoms in total. The summed E-state index contributed by atoms with van der Waals surface area (Å²) in [5.41, 5.74) is 2.36. The fraction of sp³-hybridized carbons (Fsp3) is 0.455. The molecule has 0 saturated heterocycles. The first-order valence-corrected chi connectivity index (χ1v) is 10.5. The monoisotopic (exact) mass is 385 g/mol. The van der Waals surface area contributed by atoms with Crippen LogP contribution >= 0.6 is 11.3 Å². The zero-order chi connectivity index (χ0) is 19.4.